The lowest BCUT2D eigenvalue weighted by Gasteiger charge is -2.14. The Morgan fingerprint density at radius 2 is 1.89 bits per heavy atom. The minimum Gasteiger partial charge on any atom is -0.497 e. The Labute approximate surface area is 128 Å². The SMILES string of the molecule is COc1ccc(C(Br)c2ccccc2I)c(F)c1. The van der Waals surface area contributed by atoms with Gasteiger partial charge in [0.25, 0.3) is 0 Å². The molecule has 1 unspecified atom stereocenters. The molecule has 1 atom stereocenters. The van der Waals surface area contributed by atoms with Crippen LogP contribution in [-0.4, -0.2) is 7.11 Å². The first-order valence-corrected chi connectivity index (χ1v) is 7.35. The molecule has 0 fully saturated rings. The van der Waals surface area contributed by atoms with Crippen LogP contribution in [0.25, 0.3) is 0 Å². The van der Waals surface area contributed by atoms with E-state index in [1.807, 2.05) is 24.3 Å². The zero-order chi connectivity index (χ0) is 13.1. The molecule has 18 heavy (non-hydrogen) atoms. The van der Waals surface area contributed by atoms with E-state index in [0.29, 0.717) is 11.3 Å². The highest BCUT2D eigenvalue weighted by molar-refractivity contribution is 14.1. The summed E-state index contributed by atoms with van der Waals surface area (Å²) in [4.78, 5) is -0.156. The lowest BCUT2D eigenvalue weighted by atomic mass is 10.0. The highest BCUT2D eigenvalue weighted by Crippen LogP contribution is 2.35. The first-order valence-electron chi connectivity index (χ1n) is 5.35. The molecule has 2 aromatic rings. The van der Waals surface area contributed by atoms with Crippen LogP contribution in [-0.2, 0) is 0 Å². The highest BCUT2D eigenvalue weighted by atomic mass is 127. The van der Waals surface area contributed by atoms with Crippen LogP contribution in [0.5, 0.6) is 5.75 Å². The average Bonchev–Trinajstić information content (AvgIpc) is 2.38. The van der Waals surface area contributed by atoms with Gasteiger partial charge in [-0.2, -0.15) is 0 Å². The van der Waals surface area contributed by atoms with Crippen molar-refractivity contribution in [3.05, 3.63) is 63.0 Å². The van der Waals surface area contributed by atoms with Crippen molar-refractivity contribution in [3.63, 3.8) is 0 Å². The summed E-state index contributed by atoms with van der Waals surface area (Å²) in [6, 6.07) is 12.8. The van der Waals surface area contributed by atoms with Gasteiger partial charge >= 0.3 is 0 Å². The van der Waals surface area contributed by atoms with Crippen LogP contribution in [0, 0.1) is 9.39 Å². The van der Waals surface area contributed by atoms with Crippen LogP contribution < -0.4 is 4.74 Å². The molecule has 0 radical (unpaired) electrons. The van der Waals surface area contributed by atoms with Crippen molar-refractivity contribution >= 4 is 38.5 Å². The number of benzene rings is 2. The van der Waals surface area contributed by atoms with Crippen molar-refractivity contribution in [2.75, 3.05) is 7.11 Å². The predicted molar refractivity (Wildman–Crippen MR) is 82.9 cm³/mol. The van der Waals surface area contributed by atoms with Crippen LogP contribution in [0.15, 0.2) is 42.5 Å². The van der Waals surface area contributed by atoms with Crippen molar-refractivity contribution in [3.8, 4) is 5.75 Å². The molecule has 2 rings (SSSR count). The van der Waals surface area contributed by atoms with Crippen LogP contribution in [0.2, 0.25) is 0 Å². The summed E-state index contributed by atoms with van der Waals surface area (Å²) >= 11 is 5.81. The Hall–Kier alpha value is -0.620. The summed E-state index contributed by atoms with van der Waals surface area (Å²) in [6.07, 6.45) is 0. The van der Waals surface area contributed by atoms with Gasteiger partial charge in [-0.25, -0.2) is 4.39 Å². The van der Waals surface area contributed by atoms with E-state index in [2.05, 4.69) is 38.5 Å². The average molecular weight is 421 g/mol. The maximum Gasteiger partial charge on any atom is 0.131 e. The quantitative estimate of drug-likeness (QED) is 0.505. The number of rotatable bonds is 3. The van der Waals surface area contributed by atoms with E-state index in [1.165, 1.54) is 13.2 Å². The molecule has 0 spiro atoms. The molecule has 1 nitrogen and oxygen atoms in total. The van der Waals surface area contributed by atoms with Gasteiger partial charge in [0.05, 0.1) is 11.9 Å². The van der Waals surface area contributed by atoms with Gasteiger partial charge in [-0.15, -0.1) is 0 Å². The number of hydrogen-bond acceptors (Lipinski definition) is 1. The van der Waals surface area contributed by atoms with Crippen molar-refractivity contribution < 1.29 is 9.13 Å². The van der Waals surface area contributed by atoms with E-state index in [4.69, 9.17) is 4.74 Å². The molecule has 0 saturated carbocycles. The van der Waals surface area contributed by atoms with E-state index < -0.39 is 0 Å². The molecular weight excluding hydrogens is 410 g/mol. The molecule has 0 aromatic heterocycles. The maximum absolute atomic E-state index is 14.0. The number of methoxy groups -OCH3 is 1. The summed E-state index contributed by atoms with van der Waals surface area (Å²) in [6.45, 7) is 0. The molecule has 0 heterocycles. The fourth-order valence-corrected chi connectivity index (χ4v) is 3.59. The third-order valence-corrected chi connectivity index (χ3v) is 4.63. The van der Waals surface area contributed by atoms with E-state index >= 15 is 0 Å². The zero-order valence-corrected chi connectivity index (χ0v) is 13.4. The van der Waals surface area contributed by atoms with Crippen molar-refractivity contribution in [2.24, 2.45) is 0 Å². The highest BCUT2D eigenvalue weighted by Gasteiger charge is 2.17. The van der Waals surface area contributed by atoms with Gasteiger partial charge < -0.3 is 4.74 Å². The molecule has 0 bridgehead atoms. The monoisotopic (exact) mass is 420 g/mol. The van der Waals surface area contributed by atoms with Gasteiger partial charge in [0, 0.05) is 15.2 Å². The molecule has 0 aliphatic rings. The molecule has 94 valence electrons. The molecule has 0 aliphatic carbocycles. The van der Waals surface area contributed by atoms with E-state index in [1.54, 1.807) is 12.1 Å². The van der Waals surface area contributed by atoms with Crippen LogP contribution in [0.4, 0.5) is 4.39 Å². The fraction of sp³-hybridized carbons (Fsp3) is 0.143. The number of hydrogen-bond donors (Lipinski definition) is 0. The van der Waals surface area contributed by atoms with Gasteiger partial charge in [-0.05, 0) is 40.3 Å². The first kappa shape index (κ1) is 13.8. The fourth-order valence-electron chi connectivity index (χ4n) is 1.69. The van der Waals surface area contributed by atoms with Gasteiger partial charge in [-0.3, -0.25) is 0 Å². The first-order chi connectivity index (χ1) is 8.63. The number of halogens is 3. The molecule has 0 amide bonds. The zero-order valence-electron chi connectivity index (χ0n) is 9.66. The third kappa shape index (κ3) is 2.85. The lowest BCUT2D eigenvalue weighted by Crippen LogP contribution is -1.99. The summed E-state index contributed by atoms with van der Waals surface area (Å²) in [5.41, 5.74) is 1.67. The Kier molecular flexibility index (Phi) is 4.61. The molecule has 2 aromatic carbocycles. The standard InChI is InChI=1S/C14H11BrFIO/c1-18-9-6-7-10(12(16)8-9)14(15)11-4-2-3-5-13(11)17/h2-8,14H,1H3. The summed E-state index contributed by atoms with van der Waals surface area (Å²) in [5, 5.41) is 0. The van der Waals surface area contributed by atoms with Crippen molar-refractivity contribution in [1.29, 1.82) is 0 Å². The maximum atomic E-state index is 14.0. The predicted octanol–water partition coefficient (Wildman–Crippen LogP) is 4.92. The second kappa shape index (κ2) is 6.02. The molecular formula is C14H11BrFIO. The van der Waals surface area contributed by atoms with E-state index in [0.717, 1.165) is 9.13 Å². The van der Waals surface area contributed by atoms with Gasteiger partial charge in [0.1, 0.15) is 11.6 Å². The van der Waals surface area contributed by atoms with E-state index in [9.17, 15) is 4.39 Å². The largest absolute Gasteiger partial charge is 0.497 e. The minimum atomic E-state index is -0.268. The summed E-state index contributed by atoms with van der Waals surface area (Å²) in [5.74, 6) is 0.259. The number of alkyl halides is 1. The summed E-state index contributed by atoms with van der Waals surface area (Å²) < 4.78 is 20.1. The summed E-state index contributed by atoms with van der Waals surface area (Å²) in [7, 11) is 1.53. The normalized spacial score (nSPS) is 12.2. The Morgan fingerprint density at radius 3 is 2.50 bits per heavy atom. The van der Waals surface area contributed by atoms with Gasteiger partial charge in [0.15, 0.2) is 0 Å². The topological polar surface area (TPSA) is 9.23 Å². The molecule has 0 aliphatic heterocycles. The second-order valence-electron chi connectivity index (χ2n) is 3.77. The Bertz CT molecular complexity index is 559. The smallest absolute Gasteiger partial charge is 0.131 e. The number of ether oxygens (including phenoxy) is 1. The second-order valence-corrected chi connectivity index (χ2v) is 5.85. The van der Waals surface area contributed by atoms with Crippen LogP contribution >= 0.6 is 38.5 Å². The van der Waals surface area contributed by atoms with Crippen molar-refractivity contribution in [1.82, 2.24) is 0 Å². The Morgan fingerprint density at radius 1 is 1.17 bits per heavy atom. The third-order valence-electron chi connectivity index (χ3n) is 2.66. The van der Waals surface area contributed by atoms with E-state index in [-0.39, 0.29) is 10.6 Å². The minimum absolute atomic E-state index is 0.156. The van der Waals surface area contributed by atoms with Gasteiger partial charge in [-0.1, -0.05) is 40.2 Å². The van der Waals surface area contributed by atoms with Crippen LogP contribution in [0.3, 0.4) is 0 Å². The Balaban J connectivity index is 2.40. The van der Waals surface area contributed by atoms with Gasteiger partial charge in [0.2, 0.25) is 0 Å². The lowest BCUT2D eigenvalue weighted by molar-refractivity contribution is 0.411. The van der Waals surface area contributed by atoms with Crippen molar-refractivity contribution in [2.45, 2.75) is 4.83 Å². The molecule has 0 saturated heterocycles. The molecule has 0 N–H and O–H groups in total. The van der Waals surface area contributed by atoms with Crippen LogP contribution in [0.1, 0.15) is 16.0 Å². The molecule has 4 heteroatoms.